The van der Waals surface area contributed by atoms with Crippen LogP contribution < -0.4 is 4.90 Å². The van der Waals surface area contributed by atoms with Gasteiger partial charge in [-0.1, -0.05) is 33.1 Å². The third kappa shape index (κ3) is 5.38. The molecule has 1 nitrogen and oxygen atoms in total. The molecule has 0 atom stereocenters. The number of alkyl halides is 9. The van der Waals surface area contributed by atoms with Gasteiger partial charge < -0.3 is 4.90 Å². The smallest absolute Gasteiger partial charge is 0.305 e. The topological polar surface area (TPSA) is 3.24 Å². The molecule has 0 aliphatic heterocycles. The zero-order valence-electron chi connectivity index (χ0n) is 17.0. The summed E-state index contributed by atoms with van der Waals surface area (Å²) in [6, 6.07) is -6.45. The summed E-state index contributed by atoms with van der Waals surface area (Å²) in [5.41, 5.74) is -5.07. The van der Waals surface area contributed by atoms with Crippen LogP contribution in [0.25, 0.3) is 0 Å². The quantitative estimate of drug-likeness (QED) is 0.131. The maximum absolute atomic E-state index is 14.7. The highest BCUT2D eigenvalue weighted by molar-refractivity contribution is 5.54. The minimum absolute atomic E-state index is 0.0269. The molecule has 0 spiro atoms. The van der Waals surface area contributed by atoms with Gasteiger partial charge in [-0.15, -0.1) is 0 Å². The summed E-state index contributed by atoms with van der Waals surface area (Å²) < 4.78 is 166. The second-order valence-electron chi connectivity index (χ2n) is 7.16. The van der Waals surface area contributed by atoms with Gasteiger partial charge in [0, 0.05) is 19.0 Å². The Morgan fingerprint density at radius 2 is 1.31 bits per heavy atom. The monoisotopic (exact) mass is 491 g/mol. The summed E-state index contributed by atoms with van der Waals surface area (Å²) in [5, 5.41) is 0. The molecule has 0 aromatic heterocycles. The molecule has 32 heavy (non-hydrogen) atoms. The van der Waals surface area contributed by atoms with Crippen molar-refractivity contribution in [1.82, 2.24) is 0 Å². The first-order valence-corrected chi connectivity index (χ1v) is 9.63. The van der Waals surface area contributed by atoms with Gasteiger partial charge in [-0.05, 0) is 12.8 Å². The molecular formula is C19H21F12N. The maximum atomic E-state index is 14.7. The second kappa shape index (κ2) is 9.98. The molecule has 13 heteroatoms. The number of hydrogen-bond donors (Lipinski definition) is 0. The van der Waals surface area contributed by atoms with E-state index in [1.54, 1.807) is 6.92 Å². The van der Waals surface area contributed by atoms with E-state index in [-0.39, 0.29) is 6.42 Å². The molecule has 0 radical (unpaired) electrons. The van der Waals surface area contributed by atoms with E-state index < -0.39 is 89.5 Å². The van der Waals surface area contributed by atoms with E-state index >= 15 is 0 Å². The number of hydrogen-bond acceptors (Lipinski definition) is 1. The lowest BCUT2D eigenvalue weighted by Crippen LogP contribution is -2.63. The van der Waals surface area contributed by atoms with Crippen molar-refractivity contribution in [2.45, 2.75) is 76.4 Å². The standard InChI is InChI=1S/C19H21F12N/c1-3-5-6-7-8-16(23,24)18(28,29)19(30,31)32(9-4-2)12-10-11(20)14(21)13(15(12)22)17(25,26)27/h10H,3-9H2,1-2H3. The lowest BCUT2D eigenvalue weighted by molar-refractivity contribution is -0.310. The van der Waals surface area contributed by atoms with Crippen LogP contribution in [0.5, 0.6) is 0 Å². The van der Waals surface area contributed by atoms with E-state index in [4.69, 9.17) is 0 Å². The number of rotatable bonds is 11. The number of halogens is 12. The van der Waals surface area contributed by atoms with Gasteiger partial charge in [-0.3, -0.25) is 0 Å². The van der Waals surface area contributed by atoms with Crippen LogP contribution in [0.4, 0.5) is 58.4 Å². The number of nitrogens with zero attached hydrogens (tertiary/aromatic N) is 1. The van der Waals surface area contributed by atoms with Gasteiger partial charge in [0.05, 0.1) is 5.69 Å². The molecule has 0 unspecified atom stereocenters. The van der Waals surface area contributed by atoms with E-state index in [1.807, 2.05) is 0 Å². The van der Waals surface area contributed by atoms with Gasteiger partial charge in [0.2, 0.25) is 0 Å². The Hall–Kier alpha value is -1.82. The third-order valence-corrected chi connectivity index (χ3v) is 4.68. The van der Waals surface area contributed by atoms with Crippen molar-refractivity contribution in [2.75, 3.05) is 11.4 Å². The SMILES string of the molecule is CCCCCCC(F)(F)C(F)(F)C(F)(F)N(CCC)c1cc(F)c(F)c(C(F)(F)F)c1F. The van der Waals surface area contributed by atoms with Crippen molar-refractivity contribution in [1.29, 1.82) is 0 Å². The third-order valence-electron chi connectivity index (χ3n) is 4.68. The van der Waals surface area contributed by atoms with Crippen LogP contribution >= 0.6 is 0 Å². The molecule has 0 heterocycles. The highest BCUT2D eigenvalue weighted by Gasteiger charge is 2.73. The van der Waals surface area contributed by atoms with E-state index in [1.165, 1.54) is 0 Å². The largest absolute Gasteiger partial charge is 0.422 e. The Morgan fingerprint density at radius 1 is 0.750 bits per heavy atom. The zero-order chi connectivity index (χ0) is 25.1. The van der Waals surface area contributed by atoms with Crippen LogP contribution in [-0.4, -0.2) is 24.4 Å². The first-order chi connectivity index (χ1) is 14.5. The van der Waals surface area contributed by atoms with Crippen LogP contribution in [0, 0.1) is 17.5 Å². The average Bonchev–Trinajstić information content (AvgIpc) is 2.65. The fourth-order valence-electron chi connectivity index (χ4n) is 2.99. The number of benzene rings is 1. The van der Waals surface area contributed by atoms with Gasteiger partial charge in [-0.25, -0.2) is 13.2 Å². The molecule has 0 aliphatic carbocycles. The molecule has 0 saturated heterocycles. The van der Waals surface area contributed by atoms with Gasteiger partial charge in [0.1, 0.15) is 5.56 Å². The van der Waals surface area contributed by atoms with E-state index in [0.29, 0.717) is 12.8 Å². The number of unbranched alkanes of at least 4 members (excludes halogenated alkanes) is 3. The summed E-state index contributed by atoms with van der Waals surface area (Å²) in [5.74, 6) is -19.6. The molecule has 1 aromatic carbocycles. The lowest BCUT2D eigenvalue weighted by Gasteiger charge is -2.40. The molecule has 0 bridgehead atoms. The molecular weight excluding hydrogens is 470 g/mol. The minimum atomic E-state index is -6.18. The van der Waals surface area contributed by atoms with E-state index in [0.717, 1.165) is 6.92 Å². The number of anilines is 1. The van der Waals surface area contributed by atoms with Crippen molar-refractivity contribution in [3.05, 3.63) is 29.1 Å². The summed E-state index contributed by atoms with van der Waals surface area (Å²) in [7, 11) is 0. The molecule has 0 fully saturated rings. The van der Waals surface area contributed by atoms with Crippen LogP contribution in [0.1, 0.15) is 57.9 Å². The highest BCUT2D eigenvalue weighted by Crippen LogP contribution is 2.51. The molecule has 0 saturated carbocycles. The van der Waals surface area contributed by atoms with Gasteiger partial charge >= 0.3 is 24.1 Å². The normalized spacial score (nSPS) is 13.6. The predicted molar refractivity (Wildman–Crippen MR) is 92.6 cm³/mol. The highest BCUT2D eigenvalue weighted by atomic mass is 19.4. The van der Waals surface area contributed by atoms with Crippen molar-refractivity contribution >= 4 is 5.69 Å². The Labute approximate surface area is 176 Å². The van der Waals surface area contributed by atoms with Gasteiger partial charge in [0.15, 0.2) is 17.5 Å². The molecule has 0 N–H and O–H groups in total. The summed E-state index contributed by atoms with van der Waals surface area (Å²) >= 11 is 0. The minimum Gasteiger partial charge on any atom is -0.305 e. The maximum Gasteiger partial charge on any atom is 0.422 e. The van der Waals surface area contributed by atoms with E-state index in [9.17, 15) is 52.7 Å². The Kier molecular flexibility index (Phi) is 8.80. The van der Waals surface area contributed by atoms with Crippen molar-refractivity contribution < 1.29 is 52.7 Å². The first kappa shape index (κ1) is 28.2. The average molecular weight is 491 g/mol. The van der Waals surface area contributed by atoms with Crippen molar-refractivity contribution in [3.8, 4) is 0 Å². The first-order valence-electron chi connectivity index (χ1n) is 9.63. The fraction of sp³-hybridized carbons (Fsp3) is 0.684. The lowest BCUT2D eigenvalue weighted by atomic mass is 10.00. The summed E-state index contributed by atoms with van der Waals surface area (Å²) in [6.45, 7) is 1.36. The van der Waals surface area contributed by atoms with E-state index in [2.05, 4.69) is 0 Å². The Bertz CT molecular complexity index is 773. The molecule has 1 aromatic rings. The molecule has 0 amide bonds. The van der Waals surface area contributed by atoms with Crippen LogP contribution in [0.15, 0.2) is 6.07 Å². The zero-order valence-corrected chi connectivity index (χ0v) is 17.0. The van der Waals surface area contributed by atoms with Crippen LogP contribution in [0.3, 0.4) is 0 Å². The fourth-order valence-corrected chi connectivity index (χ4v) is 2.99. The molecule has 186 valence electrons. The van der Waals surface area contributed by atoms with Gasteiger partial charge in [-0.2, -0.15) is 39.5 Å². The second-order valence-corrected chi connectivity index (χ2v) is 7.16. The van der Waals surface area contributed by atoms with Crippen molar-refractivity contribution in [2.24, 2.45) is 0 Å². The predicted octanol–water partition coefficient (Wildman–Crippen LogP) is 8.17. The van der Waals surface area contributed by atoms with Crippen LogP contribution in [-0.2, 0) is 6.18 Å². The Morgan fingerprint density at radius 3 is 1.78 bits per heavy atom. The van der Waals surface area contributed by atoms with Crippen molar-refractivity contribution in [3.63, 3.8) is 0 Å². The Balaban J connectivity index is 3.58. The molecule has 1 rings (SSSR count). The van der Waals surface area contributed by atoms with Gasteiger partial charge in [0.25, 0.3) is 0 Å². The summed E-state index contributed by atoms with van der Waals surface area (Å²) in [6.07, 6.45) is -7.81. The van der Waals surface area contributed by atoms with Crippen LogP contribution in [0.2, 0.25) is 0 Å². The molecule has 0 aliphatic rings. The summed E-state index contributed by atoms with van der Waals surface area (Å²) in [4.78, 5) is -1.08.